The summed E-state index contributed by atoms with van der Waals surface area (Å²) in [6.45, 7) is -0.0119. The lowest BCUT2D eigenvalue weighted by Crippen LogP contribution is -2.53. The fraction of sp³-hybridized carbons (Fsp3) is 0.435. The van der Waals surface area contributed by atoms with E-state index in [2.05, 4.69) is 4.98 Å². The van der Waals surface area contributed by atoms with Crippen LogP contribution in [0.15, 0.2) is 59.8 Å². The smallest absolute Gasteiger partial charge is 0.475 e. The lowest BCUT2D eigenvalue weighted by molar-refractivity contribution is -0.192. The number of aliphatic carboxylic acids is 1. The Hall–Kier alpha value is -3.07. The molecule has 1 heterocycles. The number of carboxylic acid groups (broad SMARTS) is 1. The fourth-order valence-electron chi connectivity index (χ4n) is 4.02. The van der Waals surface area contributed by atoms with E-state index in [0.717, 1.165) is 12.8 Å². The number of halogens is 3. The first-order chi connectivity index (χ1) is 17.4. The Kier molecular flexibility index (Phi) is 11.0. The molecular weight excluding hydrogens is 519 g/mol. The van der Waals surface area contributed by atoms with Crippen molar-refractivity contribution in [3.8, 4) is 0 Å². The number of alkyl halides is 3. The number of ether oxygens (including phenoxy) is 1. The van der Waals surface area contributed by atoms with Crippen molar-refractivity contribution in [3.05, 3.63) is 60.4 Å². The molecule has 0 aliphatic heterocycles. The third-order valence-electron chi connectivity index (χ3n) is 5.87. The van der Waals surface area contributed by atoms with Crippen molar-refractivity contribution in [2.75, 3.05) is 7.11 Å². The number of amides is 1. The van der Waals surface area contributed by atoms with Gasteiger partial charge in [-0.05, 0) is 61.4 Å². The second-order valence-corrected chi connectivity index (χ2v) is 10.1. The number of rotatable bonds is 8. The van der Waals surface area contributed by atoms with Gasteiger partial charge in [-0.2, -0.15) is 17.5 Å². The first-order valence-corrected chi connectivity index (χ1v) is 12.6. The molecular formula is C23H28F3N3O7S. The molecule has 1 aliphatic carbocycles. The predicted octanol–water partition coefficient (Wildman–Crippen LogP) is 2.98. The van der Waals surface area contributed by atoms with Gasteiger partial charge in [0.05, 0.1) is 11.0 Å². The summed E-state index contributed by atoms with van der Waals surface area (Å²) in [5.74, 6) is -3.74. The molecule has 0 bridgehead atoms. The van der Waals surface area contributed by atoms with Crippen LogP contribution in [0.5, 0.6) is 0 Å². The number of nitrogens with zero attached hydrogens (tertiary/aromatic N) is 2. The van der Waals surface area contributed by atoms with Gasteiger partial charge in [0.1, 0.15) is 6.04 Å². The van der Waals surface area contributed by atoms with Crippen molar-refractivity contribution in [1.29, 1.82) is 0 Å². The third-order valence-corrected chi connectivity index (χ3v) is 7.71. The molecule has 3 N–H and O–H groups in total. The highest BCUT2D eigenvalue weighted by atomic mass is 32.2. The summed E-state index contributed by atoms with van der Waals surface area (Å²) in [5, 5.41) is 16.6. The highest BCUT2D eigenvalue weighted by Crippen LogP contribution is 2.34. The zero-order valence-electron chi connectivity index (χ0n) is 19.8. The average molecular weight is 548 g/mol. The predicted molar refractivity (Wildman–Crippen MR) is 124 cm³/mol. The second-order valence-electron chi connectivity index (χ2n) is 8.22. The second kappa shape index (κ2) is 13.5. The Bertz CT molecular complexity index is 1110. The average Bonchev–Trinajstić information content (AvgIpc) is 2.89. The minimum absolute atomic E-state index is 0.0119. The summed E-state index contributed by atoms with van der Waals surface area (Å²) in [6.07, 6.45) is 0.858. The van der Waals surface area contributed by atoms with Crippen molar-refractivity contribution in [2.45, 2.75) is 55.4 Å². The number of sulfonamides is 1. The van der Waals surface area contributed by atoms with E-state index in [1.54, 1.807) is 55.3 Å². The number of pyridine rings is 1. The first kappa shape index (κ1) is 30.2. The molecule has 1 fully saturated rings. The minimum atomic E-state index is -5.08. The van der Waals surface area contributed by atoms with Gasteiger partial charge < -0.3 is 9.84 Å². The molecule has 1 amide bonds. The number of benzene rings is 1. The van der Waals surface area contributed by atoms with Gasteiger partial charge >= 0.3 is 12.1 Å². The van der Waals surface area contributed by atoms with Crippen molar-refractivity contribution in [3.63, 3.8) is 0 Å². The lowest BCUT2D eigenvalue weighted by atomic mass is 9.82. The molecule has 1 aromatic heterocycles. The van der Waals surface area contributed by atoms with Gasteiger partial charge in [-0.15, -0.1) is 0 Å². The van der Waals surface area contributed by atoms with Crippen LogP contribution in [0.25, 0.3) is 0 Å². The number of hydroxylamine groups is 1. The van der Waals surface area contributed by atoms with Crippen LogP contribution in [-0.2, 0) is 30.9 Å². The molecule has 0 saturated heterocycles. The van der Waals surface area contributed by atoms with Gasteiger partial charge in [0, 0.05) is 26.0 Å². The number of aromatic nitrogens is 1. The van der Waals surface area contributed by atoms with Crippen LogP contribution in [0, 0.1) is 5.92 Å². The largest absolute Gasteiger partial charge is 0.490 e. The van der Waals surface area contributed by atoms with E-state index >= 15 is 0 Å². The summed E-state index contributed by atoms with van der Waals surface area (Å²) in [6, 6.07) is 10.4. The monoisotopic (exact) mass is 547 g/mol. The van der Waals surface area contributed by atoms with Gasteiger partial charge in [-0.1, -0.05) is 18.2 Å². The Morgan fingerprint density at radius 3 is 2.11 bits per heavy atom. The normalized spacial score (nSPS) is 18.9. The van der Waals surface area contributed by atoms with Gasteiger partial charge in [0.25, 0.3) is 5.91 Å². The van der Waals surface area contributed by atoms with Gasteiger partial charge in [-0.25, -0.2) is 18.7 Å². The number of carbonyl (C=O) groups excluding carboxylic acids is 1. The Morgan fingerprint density at radius 2 is 1.65 bits per heavy atom. The molecule has 10 nitrogen and oxygen atoms in total. The van der Waals surface area contributed by atoms with Crippen LogP contribution in [-0.4, -0.2) is 65.3 Å². The van der Waals surface area contributed by atoms with E-state index in [4.69, 9.17) is 14.6 Å². The van der Waals surface area contributed by atoms with Crippen LogP contribution in [0.3, 0.4) is 0 Å². The number of nitrogens with one attached hydrogen (secondary N) is 1. The molecule has 0 spiro atoms. The highest BCUT2D eigenvalue weighted by Gasteiger charge is 2.42. The number of hydrogen-bond donors (Lipinski definition) is 3. The molecule has 1 saturated carbocycles. The molecule has 0 radical (unpaired) electrons. The van der Waals surface area contributed by atoms with E-state index < -0.39 is 34.1 Å². The summed E-state index contributed by atoms with van der Waals surface area (Å²) >= 11 is 0. The van der Waals surface area contributed by atoms with E-state index in [1.807, 2.05) is 0 Å². The maximum Gasteiger partial charge on any atom is 0.490 e. The molecule has 1 aromatic carbocycles. The topological polar surface area (TPSA) is 146 Å². The lowest BCUT2D eigenvalue weighted by Gasteiger charge is -2.38. The summed E-state index contributed by atoms with van der Waals surface area (Å²) in [4.78, 5) is 25.7. The maximum absolute atomic E-state index is 13.6. The third kappa shape index (κ3) is 8.49. The number of carbonyl (C=O) groups is 2. The van der Waals surface area contributed by atoms with Crippen LogP contribution >= 0.6 is 0 Å². The molecule has 2 aromatic rings. The maximum atomic E-state index is 13.6. The standard InChI is InChI=1S/C21H27N3O5S.C2HF3O2/c1-29-18-9-7-17(8-10-18)20(21(25)23-26)24(15-16-11-13-22-14-12-16)30(27,28)19-5-3-2-4-6-19;3-2(4,5)1(6)7/h2-6,11-14,17-18,20,26H,7-10,15H2,1H3,(H,23,25);(H,6,7). The first-order valence-electron chi connectivity index (χ1n) is 11.1. The zero-order valence-corrected chi connectivity index (χ0v) is 20.7. The fourth-order valence-corrected chi connectivity index (χ4v) is 5.67. The van der Waals surface area contributed by atoms with Gasteiger partial charge in [0.15, 0.2) is 0 Å². The Labute approximate surface area is 212 Å². The highest BCUT2D eigenvalue weighted by molar-refractivity contribution is 7.89. The van der Waals surface area contributed by atoms with Crippen LogP contribution < -0.4 is 5.48 Å². The summed E-state index contributed by atoms with van der Waals surface area (Å²) in [7, 11) is -2.36. The van der Waals surface area contributed by atoms with E-state index in [9.17, 15) is 31.6 Å². The minimum Gasteiger partial charge on any atom is -0.475 e. The van der Waals surface area contributed by atoms with Gasteiger partial charge in [0.2, 0.25) is 10.0 Å². The Balaban J connectivity index is 0.000000604. The number of carboxylic acids is 1. The molecule has 204 valence electrons. The molecule has 1 atom stereocenters. The van der Waals surface area contributed by atoms with Crippen LogP contribution in [0.2, 0.25) is 0 Å². The van der Waals surface area contributed by atoms with Crippen molar-refractivity contribution in [1.82, 2.24) is 14.8 Å². The SMILES string of the molecule is COC1CCC(C(C(=O)NO)N(Cc2ccncc2)S(=O)(=O)c2ccccc2)CC1.O=C(O)C(F)(F)F. The molecule has 37 heavy (non-hydrogen) atoms. The van der Waals surface area contributed by atoms with Crippen LogP contribution in [0.1, 0.15) is 31.2 Å². The number of hydrogen-bond acceptors (Lipinski definition) is 7. The molecule has 1 aliphatic rings. The molecule has 1 unspecified atom stereocenters. The number of methoxy groups -OCH3 is 1. The van der Waals surface area contributed by atoms with Crippen LogP contribution in [0.4, 0.5) is 13.2 Å². The summed E-state index contributed by atoms with van der Waals surface area (Å²) < 4.78 is 65.5. The van der Waals surface area contributed by atoms with Gasteiger partial charge in [-0.3, -0.25) is 15.0 Å². The summed E-state index contributed by atoms with van der Waals surface area (Å²) in [5.41, 5.74) is 2.39. The molecule has 3 rings (SSSR count). The van der Waals surface area contributed by atoms with Crippen molar-refractivity contribution in [2.24, 2.45) is 5.92 Å². The molecule has 14 heteroatoms. The Morgan fingerprint density at radius 1 is 1.11 bits per heavy atom. The van der Waals surface area contributed by atoms with Crippen molar-refractivity contribution >= 4 is 21.9 Å². The van der Waals surface area contributed by atoms with E-state index in [-0.39, 0.29) is 23.5 Å². The zero-order chi connectivity index (χ0) is 27.6. The van der Waals surface area contributed by atoms with E-state index in [0.29, 0.717) is 18.4 Å². The quantitative estimate of drug-likeness (QED) is 0.338. The van der Waals surface area contributed by atoms with Crippen molar-refractivity contribution < 1.29 is 46.2 Å². The van der Waals surface area contributed by atoms with E-state index in [1.165, 1.54) is 16.4 Å².